The molecule has 0 aromatic heterocycles. The minimum atomic E-state index is -0.424. The molecule has 4 rings (SSSR count). The summed E-state index contributed by atoms with van der Waals surface area (Å²) in [7, 11) is 1.60. The van der Waals surface area contributed by atoms with Crippen molar-refractivity contribution in [2.24, 2.45) is 0 Å². The van der Waals surface area contributed by atoms with E-state index in [1.54, 1.807) is 31.4 Å². The number of carbonyl (C=O) groups excluding carboxylic acids is 3. The molecule has 1 heterocycles. The molecule has 9 nitrogen and oxygen atoms in total. The number of ether oxygens (including phenoxy) is 1. The highest BCUT2D eigenvalue weighted by Gasteiger charge is 2.24. The van der Waals surface area contributed by atoms with Crippen molar-refractivity contribution in [2.45, 2.75) is 32.9 Å². The van der Waals surface area contributed by atoms with Gasteiger partial charge in [-0.3, -0.25) is 9.59 Å². The highest BCUT2D eigenvalue weighted by molar-refractivity contribution is 5.95. The van der Waals surface area contributed by atoms with E-state index in [4.69, 9.17) is 4.74 Å². The summed E-state index contributed by atoms with van der Waals surface area (Å²) in [5.41, 5.74) is 2.85. The Kier molecular flexibility index (Phi) is 9.49. The molecule has 1 aliphatic rings. The smallest absolute Gasteiger partial charge is 0.318 e. The molecule has 0 atom stereocenters. The zero-order valence-corrected chi connectivity index (χ0v) is 24.2. The second-order valence-corrected chi connectivity index (χ2v) is 11.1. The van der Waals surface area contributed by atoms with Crippen molar-refractivity contribution in [3.05, 3.63) is 90.0 Å². The van der Waals surface area contributed by atoms with Gasteiger partial charge in [0.1, 0.15) is 12.3 Å². The van der Waals surface area contributed by atoms with E-state index in [2.05, 4.69) is 15.5 Å². The number of rotatable bonds is 8. The molecule has 3 aromatic carbocycles. The van der Waals surface area contributed by atoms with Gasteiger partial charge in [0.15, 0.2) is 0 Å². The summed E-state index contributed by atoms with van der Waals surface area (Å²) in [5, 5.41) is 5.86. The molecule has 0 aliphatic carbocycles. The van der Waals surface area contributed by atoms with Crippen LogP contribution in [0.2, 0.25) is 0 Å². The molecule has 9 heteroatoms. The van der Waals surface area contributed by atoms with E-state index in [0.717, 1.165) is 17.0 Å². The Morgan fingerprint density at radius 1 is 0.854 bits per heavy atom. The Bertz CT molecular complexity index is 1310. The van der Waals surface area contributed by atoms with E-state index in [1.165, 1.54) is 4.90 Å². The third-order valence-corrected chi connectivity index (χ3v) is 6.74. The number of nitrogens with one attached hydrogen (secondary N) is 2. The fourth-order valence-corrected chi connectivity index (χ4v) is 4.62. The van der Waals surface area contributed by atoms with E-state index < -0.39 is 5.54 Å². The van der Waals surface area contributed by atoms with Crippen LogP contribution in [0.4, 0.5) is 16.2 Å². The molecule has 3 aromatic rings. The van der Waals surface area contributed by atoms with Gasteiger partial charge in [0, 0.05) is 55.2 Å². The summed E-state index contributed by atoms with van der Waals surface area (Å²) in [6, 6.07) is 24.1. The molecule has 0 radical (unpaired) electrons. The Hall–Kier alpha value is -4.53. The zero-order valence-electron chi connectivity index (χ0n) is 24.2. The lowest BCUT2D eigenvalue weighted by molar-refractivity contribution is -0.116. The van der Waals surface area contributed by atoms with Crippen LogP contribution in [0.3, 0.4) is 0 Å². The second kappa shape index (κ2) is 13.2. The number of nitrogens with zero attached hydrogens (tertiary/aromatic N) is 3. The Morgan fingerprint density at radius 3 is 2.07 bits per heavy atom. The predicted molar refractivity (Wildman–Crippen MR) is 161 cm³/mol. The molecular formula is C32H39N5O4. The van der Waals surface area contributed by atoms with Crippen LogP contribution in [0.1, 0.15) is 36.7 Å². The second-order valence-electron chi connectivity index (χ2n) is 11.1. The number of hydrogen-bond donors (Lipinski definition) is 2. The van der Waals surface area contributed by atoms with Crippen molar-refractivity contribution in [3.8, 4) is 5.75 Å². The highest BCUT2D eigenvalue weighted by Crippen LogP contribution is 2.21. The topological polar surface area (TPSA) is 94.2 Å². The first kappa shape index (κ1) is 29.5. The molecule has 0 spiro atoms. The molecule has 1 fully saturated rings. The summed E-state index contributed by atoms with van der Waals surface area (Å²) in [6.45, 7) is 8.64. The molecule has 4 amide bonds. The van der Waals surface area contributed by atoms with E-state index >= 15 is 0 Å². The lowest BCUT2D eigenvalue weighted by Gasteiger charge is -2.36. The van der Waals surface area contributed by atoms with E-state index in [9.17, 15) is 14.4 Å². The molecule has 2 N–H and O–H groups in total. The number of carbonyl (C=O) groups is 3. The fraction of sp³-hybridized carbons (Fsp3) is 0.344. The quantitative estimate of drug-likeness (QED) is 0.422. The van der Waals surface area contributed by atoms with Crippen molar-refractivity contribution in [2.75, 3.05) is 50.1 Å². The van der Waals surface area contributed by atoms with Crippen LogP contribution in [0.5, 0.6) is 5.75 Å². The number of amides is 4. The Morgan fingerprint density at radius 2 is 1.49 bits per heavy atom. The number of urea groups is 1. The maximum absolute atomic E-state index is 12.9. The summed E-state index contributed by atoms with van der Waals surface area (Å²) in [4.78, 5) is 44.4. The van der Waals surface area contributed by atoms with Crippen molar-refractivity contribution in [1.29, 1.82) is 0 Å². The largest absolute Gasteiger partial charge is 0.497 e. The number of benzene rings is 3. The van der Waals surface area contributed by atoms with E-state index in [0.29, 0.717) is 44.0 Å². The predicted octanol–water partition coefficient (Wildman–Crippen LogP) is 4.61. The van der Waals surface area contributed by atoms with Gasteiger partial charge in [-0.25, -0.2) is 4.79 Å². The van der Waals surface area contributed by atoms with Crippen molar-refractivity contribution in [1.82, 2.24) is 15.1 Å². The summed E-state index contributed by atoms with van der Waals surface area (Å²) in [5.74, 6) is 0.466. The van der Waals surface area contributed by atoms with Crippen molar-refractivity contribution in [3.63, 3.8) is 0 Å². The molecule has 0 unspecified atom stereocenters. The van der Waals surface area contributed by atoms with Gasteiger partial charge in [-0.15, -0.1) is 0 Å². The Balaban J connectivity index is 1.31. The van der Waals surface area contributed by atoms with Gasteiger partial charge in [-0.2, -0.15) is 0 Å². The van der Waals surface area contributed by atoms with Crippen LogP contribution in [0.15, 0.2) is 78.9 Å². The average molecular weight is 558 g/mol. The molecule has 1 saturated heterocycles. The number of hydrogen-bond acceptors (Lipinski definition) is 5. The van der Waals surface area contributed by atoms with Gasteiger partial charge < -0.3 is 30.1 Å². The fourth-order valence-electron chi connectivity index (χ4n) is 4.62. The van der Waals surface area contributed by atoms with Crippen LogP contribution in [-0.2, 0) is 11.3 Å². The first-order chi connectivity index (χ1) is 19.6. The lowest BCUT2D eigenvalue weighted by atomic mass is 10.1. The number of methoxy groups -OCH3 is 1. The van der Waals surface area contributed by atoms with Gasteiger partial charge >= 0.3 is 6.03 Å². The van der Waals surface area contributed by atoms with Crippen LogP contribution in [0.25, 0.3) is 0 Å². The normalized spacial score (nSPS) is 13.4. The SMILES string of the molecule is COc1ccc(C(=O)N2CCN(c3ccc(NC(=O)CN(Cc4ccccc4)C(=O)NC(C)(C)C)cc3)CC2)cc1. The molecule has 0 bridgehead atoms. The maximum Gasteiger partial charge on any atom is 0.318 e. The first-order valence-electron chi connectivity index (χ1n) is 13.8. The minimum absolute atomic E-state index is 0.0165. The van der Waals surface area contributed by atoms with Crippen LogP contribution < -0.4 is 20.3 Å². The number of anilines is 2. The summed E-state index contributed by atoms with van der Waals surface area (Å²) < 4.78 is 5.18. The van der Waals surface area contributed by atoms with Crippen LogP contribution in [0, 0.1) is 0 Å². The van der Waals surface area contributed by atoms with Gasteiger partial charge in [0.25, 0.3) is 5.91 Å². The Labute approximate surface area is 242 Å². The lowest BCUT2D eigenvalue weighted by Crippen LogP contribution is -2.50. The number of piperazine rings is 1. The van der Waals surface area contributed by atoms with E-state index in [1.807, 2.05) is 80.3 Å². The summed E-state index contributed by atoms with van der Waals surface area (Å²) >= 11 is 0. The molecule has 41 heavy (non-hydrogen) atoms. The van der Waals surface area contributed by atoms with Crippen molar-refractivity contribution >= 4 is 29.2 Å². The molecular weight excluding hydrogens is 518 g/mol. The third-order valence-electron chi connectivity index (χ3n) is 6.74. The summed E-state index contributed by atoms with van der Waals surface area (Å²) in [6.07, 6.45) is 0. The van der Waals surface area contributed by atoms with Gasteiger partial charge in [-0.05, 0) is 74.9 Å². The van der Waals surface area contributed by atoms with Crippen LogP contribution >= 0.6 is 0 Å². The van der Waals surface area contributed by atoms with Gasteiger partial charge in [0.05, 0.1) is 7.11 Å². The van der Waals surface area contributed by atoms with Crippen molar-refractivity contribution < 1.29 is 19.1 Å². The minimum Gasteiger partial charge on any atom is -0.497 e. The molecule has 216 valence electrons. The zero-order chi connectivity index (χ0) is 29.4. The molecule has 1 aliphatic heterocycles. The standard InChI is InChI=1S/C32H39N5O4/c1-32(2,3)34-31(40)37(22-24-8-6-5-7-9-24)23-29(38)33-26-12-14-27(15-13-26)35-18-20-36(21-19-35)30(39)25-10-16-28(41-4)17-11-25/h5-17H,18-23H2,1-4H3,(H,33,38)(H,34,40). The molecule has 0 saturated carbocycles. The van der Waals surface area contributed by atoms with Gasteiger partial charge in [-0.1, -0.05) is 30.3 Å². The van der Waals surface area contributed by atoms with Crippen LogP contribution in [-0.4, -0.2) is 73.0 Å². The highest BCUT2D eigenvalue weighted by atomic mass is 16.5. The first-order valence-corrected chi connectivity index (χ1v) is 13.8. The average Bonchev–Trinajstić information content (AvgIpc) is 2.96. The van der Waals surface area contributed by atoms with Gasteiger partial charge in [0.2, 0.25) is 5.91 Å². The monoisotopic (exact) mass is 557 g/mol. The maximum atomic E-state index is 12.9. The third kappa shape index (κ3) is 8.48. The van der Waals surface area contributed by atoms with E-state index in [-0.39, 0.29) is 24.4 Å².